The fourth-order valence-corrected chi connectivity index (χ4v) is 2.95. The molecule has 1 atom stereocenters. The molecule has 2 aromatic carbocycles. The minimum Gasteiger partial charge on any atom is -0.340 e. The Bertz CT molecular complexity index is 712. The monoisotopic (exact) mass is 308 g/mol. The third-order valence-electron chi connectivity index (χ3n) is 4.20. The topological polar surface area (TPSA) is 49.4 Å². The van der Waals surface area contributed by atoms with Gasteiger partial charge in [0.05, 0.1) is 0 Å². The molecule has 0 aliphatic carbocycles. The number of amides is 2. The van der Waals surface area contributed by atoms with E-state index in [1.807, 2.05) is 55.5 Å². The summed E-state index contributed by atoms with van der Waals surface area (Å²) in [6.07, 6.45) is 0.548. The molecule has 0 saturated heterocycles. The molecule has 0 saturated carbocycles. The molecule has 23 heavy (non-hydrogen) atoms. The van der Waals surface area contributed by atoms with Gasteiger partial charge < -0.3 is 10.2 Å². The smallest absolute Gasteiger partial charge is 0.252 e. The first kappa shape index (κ1) is 15.3. The molecule has 0 bridgehead atoms. The van der Waals surface area contributed by atoms with Crippen LogP contribution in [0.2, 0.25) is 0 Å². The van der Waals surface area contributed by atoms with Gasteiger partial charge in [-0.2, -0.15) is 0 Å². The SMILES string of the molecule is CCN(Cc1ccccc1)C(=O)C1Cc2ccccc2C(=O)N1. The lowest BCUT2D eigenvalue weighted by atomic mass is 9.94. The number of hydrogen-bond acceptors (Lipinski definition) is 2. The summed E-state index contributed by atoms with van der Waals surface area (Å²) in [6.45, 7) is 3.13. The Morgan fingerprint density at radius 3 is 2.57 bits per heavy atom. The van der Waals surface area contributed by atoms with E-state index in [9.17, 15) is 9.59 Å². The van der Waals surface area contributed by atoms with Gasteiger partial charge in [-0.1, -0.05) is 48.5 Å². The number of likely N-dealkylation sites (N-methyl/N-ethyl adjacent to an activating group) is 1. The van der Waals surface area contributed by atoms with Crippen LogP contribution in [0.5, 0.6) is 0 Å². The van der Waals surface area contributed by atoms with Crippen LogP contribution in [0.15, 0.2) is 54.6 Å². The zero-order chi connectivity index (χ0) is 16.2. The summed E-state index contributed by atoms with van der Waals surface area (Å²) in [5.74, 6) is -0.194. The molecule has 4 nitrogen and oxygen atoms in total. The molecular formula is C19H20N2O2. The lowest BCUT2D eigenvalue weighted by molar-refractivity contribution is -0.133. The van der Waals surface area contributed by atoms with Crippen molar-refractivity contribution in [1.29, 1.82) is 0 Å². The first-order valence-electron chi connectivity index (χ1n) is 7.90. The van der Waals surface area contributed by atoms with Gasteiger partial charge in [-0.3, -0.25) is 9.59 Å². The van der Waals surface area contributed by atoms with Crippen molar-refractivity contribution >= 4 is 11.8 Å². The quantitative estimate of drug-likeness (QED) is 0.943. The number of carbonyl (C=O) groups excluding carboxylic acids is 2. The van der Waals surface area contributed by atoms with Crippen molar-refractivity contribution in [3.8, 4) is 0 Å². The molecule has 0 aromatic heterocycles. The standard InChI is InChI=1S/C19H20N2O2/c1-2-21(13-14-8-4-3-5-9-14)19(23)17-12-15-10-6-7-11-16(15)18(22)20-17/h3-11,17H,2,12-13H2,1H3,(H,20,22). The van der Waals surface area contributed by atoms with Crippen molar-refractivity contribution in [3.63, 3.8) is 0 Å². The van der Waals surface area contributed by atoms with E-state index in [-0.39, 0.29) is 11.8 Å². The highest BCUT2D eigenvalue weighted by atomic mass is 16.2. The predicted molar refractivity (Wildman–Crippen MR) is 88.9 cm³/mol. The number of rotatable bonds is 4. The number of carbonyl (C=O) groups is 2. The second-order valence-corrected chi connectivity index (χ2v) is 5.73. The molecule has 0 radical (unpaired) electrons. The third kappa shape index (κ3) is 3.26. The van der Waals surface area contributed by atoms with Crippen molar-refractivity contribution in [1.82, 2.24) is 10.2 Å². The number of fused-ring (bicyclic) bond motifs is 1. The molecule has 1 N–H and O–H groups in total. The summed E-state index contributed by atoms with van der Waals surface area (Å²) in [7, 11) is 0. The number of nitrogens with zero attached hydrogens (tertiary/aromatic N) is 1. The first-order valence-corrected chi connectivity index (χ1v) is 7.90. The molecule has 0 spiro atoms. The molecule has 2 aromatic rings. The maximum Gasteiger partial charge on any atom is 0.252 e. The Hall–Kier alpha value is -2.62. The van der Waals surface area contributed by atoms with Crippen molar-refractivity contribution in [2.24, 2.45) is 0 Å². The van der Waals surface area contributed by atoms with E-state index in [1.165, 1.54) is 0 Å². The summed E-state index contributed by atoms with van der Waals surface area (Å²) < 4.78 is 0. The van der Waals surface area contributed by atoms with Crippen molar-refractivity contribution in [3.05, 3.63) is 71.3 Å². The van der Waals surface area contributed by atoms with E-state index in [4.69, 9.17) is 0 Å². The van der Waals surface area contributed by atoms with Gasteiger partial charge in [0, 0.05) is 25.1 Å². The second kappa shape index (κ2) is 6.65. The normalized spacial score (nSPS) is 16.4. The largest absolute Gasteiger partial charge is 0.340 e. The second-order valence-electron chi connectivity index (χ2n) is 5.73. The van der Waals surface area contributed by atoms with Crippen LogP contribution in [0.25, 0.3) is 0 Å². The minimum atomic E-state index is -0.485. The predicted octanol–water partition coefficient (Wildman–Crippen LogP) is 2.39. The summed E-state index contributed by atoms with van der Waals surface area (Å²) in [5.41, 5.74) is 2.69. The minimum absolute atomic E-state index is 0.0285. The van der Waals surface area contributed by atoms with Crippen LogP contribution in [0.4, 0.5) is 0 Å². The van der Waals surface area contributed by atoms with Crippen LogP contribution in [0.3, 0.4) is 0 Å². The molecule has 1 heterocycles. The first-order chi connectivity index (χ1) is 11.2. The maximum atomic E-state index is 12.8. The Morgan fingerprint density at radius 2 is 1.83 bits per heavy atom. The highest BCUT2D eigenvalue weighted by Gasteiger charge is 2.31. The van der Waals surface area contributed by atoms with Gasteiger partial charge in [-0.05, 0) is 24.1 Å². The molecule has 0 fully saturated rings. The van der Waals surface area contributed by atoms with Crippen molar-refractivity contribution in [2.45, 2.75) is 25.9 Å². The molecule has 4 heteroatoms. The number of nitrogens with one attached hydrogen (secondary N) is 1. The van der Waals surface area contributed by atoms with E-state index in [2.05, 4.69) is 5.32 Å². The Kier molecular flexibility index (Phi) is 4.42. The summed E-state index contributed by atoms with van der Waals surface area (Å²) in [6, 6.07) is 16.9. The van der Waals surface area contributed by atoms with Crippen LogP contribution >= 0.6 is 0 Å². The molecule has 118 valence electrons. The molecule has 1 unspecified atom stereocenters. The molecule has 1 aliphatic rings. The zero-order valence-electron chi connectivity index (χ0n) is 13.2. The highest BCUT2D eigenvalue weighted by Crippen LogP contribution is 2.18. The summed E-state index contributed by atoms with van der Waals surface area (Å²) in [5, 5.41) is 2.84. The average molecular weight is 308 g/mol. The Balaban J connectivity index is 1.76. The summed E-state index contributed by atoms with van der Waals surface area (Å²) in [4.78, 5) is 26.8. The number of benzene rings is 2. The Morgan fingerprint density at radius 1 is 1.13 bits per heavy atom. The highest BCUT2D eigenvalue weighted by molar-refractivity contribution is 6.00. The fourth-order valence-electron chi connectivity index (χ4n) is 2.95. The average Bonchev–Trinajstić information content (AvgIpc) is 2.60. The van der Waals surface area contributed by atoms with Gasteiger partial charge in [0.1, 0.15) is 6.04 Å². The van der Waals surface area contributed by atoms with Crippen LogP contribution in [-0.4, -0.2) is 29.3 Å². The maximum absolute atomic E-state index is 12.8. The molecular weight excluding hydrogens is 288 g/mol. The Labute approximate surface area is 136 Å². The van der Waals surface area contributed by atoms with Gasteiger partial charge >= 0.3 is 0 Å². The van der Waals surface area contributed by atoms with Gasteiger partial charge in [0.25, 0.3) is 5.91 Å². The molecule has 2 amide bonds. The van der Waals surface area contributed by atoms with Gasteiger partial charge in [-0.15, -0.1) is 0 Å². The molecule has 1 aliphatic heterocycles. The summed E-state index contributed by atoms with van der Waals surface area (Å²) >= 11 is 0. The van der Waals surface area contributed by atoms with E-state index >= 15 is 0 Å². The number of hydrogen-bond donors (Lipinski definition) is 1. The third-order valence-corrected chi connectivity index (χ3v) is 4.20. The van der Waals surface area contributed by atoms with Crippen molar-refractivity contribution in [2.75, 3.05) is 6.54 Å². The van der Waals surface area contributed by atoms with Gasteiger partial charge in [-0.25, -0.2) is 0 Å². The van der Waals surface area contributed by atoms with Gasteiger partial charge in [0.15, 0.2) is 0 Å². The molecule has 3 rings (SSSR count). The van der Waals surface area contributed by atoms with Gasteiger partial charge in [0.2, 0.25) is 5.91 Å². The van der Waals surface area contributed by atoms with E-state index in [0.717, 1.165) is 11.1 Å². The van der Waals surface area contributed by atoms with Crippen LogP contribution in [-0.2, 0) is 17.8 Å². The van der Waals surface area contributed by atoms with E-state index in [1.54, 1.807) is 11.0 Å². The van der Waals surface area contributed by atoms with Crippen LogP contribution in [0.1, 0.15) is 28.4 Å². The van der Waals surface area contributed by atoms with Crippen LogP contribution in [0, 0.1) is 0 Å². The van der Waals surface area contributed by atoms with E-state index < -0.39 is 6.04 Å². The van der Waals surface area contributed by atoms with E-state index in [0.29, 0.717) is 25.1 Å². The van der Waals surface area contributed by atoms with Crippen molar-refractivity contribution < 1.29 is 9.59 Å². The lowest BCUT2D eigenvalue weighted by Crippen LogP contribution is -2.52. The lowest BCUT2D eigenvalue weighted by Gasteiger charge is -2.30. The zero-order valence-corrected chi connectivity index (χ0v) is 13.2. The van der Waals surface area contributed by atoms with Crippen LogP contribution < -0.4 is 5.32 Å². The fraction of sp³-hybridized carbons (Fsp3) is 0.263.